The van der Waals surface area contributed by atoms with E-state index in [-0.39, 0.29) is 23.9 Å². The van der Waals surface area contributed by atoms with Gasteiger partial charge in [-0.2, -0.15) is 0 Å². The number of amides is 1. The van der Waals surface area contributed by atoms with E-state index in [9.17, 15) is 9.59 Å². The number of hydrogen-bond acceptors (Lipinski definition) is 5. The van der Waals surface area contributed by atoms with E-state index < -0.39 is 11.7 Å². The number of benzene rings is 2. The number of aromatic nitrogens is 2. The van der Waals surface area contributed by atoms with E-state index in [0.29, 0.717) is 21.3 Å². The standard InChI is InChI=1S/C17H9Cl2N3O3/c18-9-5-6-13-11(7-9)15(23)17(24)22(13)8-14-20-21-16(25-14)10-3-1-2-4-12(10)19/h1-7H,8H2. The van der Waals surface area contributed by atoms with Crippen LogP contribution in [-0.4, -0.2) is 21.9 Å². The van der Waals surface area contributed by atoms with Crippen molar-refractivity contribution < 1.29 is 14.0 Å². The van der Waals surface area contributed by atoms with Crippen molar-refractivity contribution in [3.05, 3.63) is 64.0 Å². The SMILES string of the molecule is O=C1C(=O)N(Cc2nnc(-c3ccccc3Cl)o2)c2ccc(Cl)cc21. The zero-order valence-corrected chi connectivity index (χ0v) is 14.1. The Labute approximate surface area is 152 Å². The van der Waals surface area contributed by atoms with Crippen molar-refractivity contribution in [3.63, 3.8) is 0 Å². The number of anilines is 1. The van der Waals surface area contributed by atoms with Crippen LogP contribution in [0.1, 0.15) is 16.2 Å². The first-order valence-electron chi connectivity index (χ1n) is 7.27. The van der Waals surface area contributed by atoms with Gasteiger partial charge in [-0.25, -0.2) is 0 Å². The van der Waals surface area contributed by atoms with Crippen LogP contribution in [0.5, 0.6) is 0 Å². The minimum absolute atomic E-state index is 0.0172. The summed E-state index contributed by atoms with van der Waals surface area (Å²) in [5.74, 6) is -0.827. The second-order valence-corrected chi connectivity index (χ2v) is 6.21. The Morgan fingerprint density at radius 3 is 2.60 bits per heavy atom. The van der Waals surface area contributed by atoms with Gasteiger partial charge in [0.25, 0.3) is 11.7 Å². The molecule has 0 radical (unpaired) electrons. The van der Waals surface area contributed by atoms with Crippen molar-refractivity contribution >= 4 is 40.6 Å². The van der Waals surface area contributed by atoms with Crippen LogP contribution in [-0.2, 0) is 11.3 Å². The maximum Gasteiger partial charge on any atom is 0.299 e. The third-order valence-electron chi connectivity index (χ3n) is 3.80. The van der Waals surface area contributed by atoms with E-state index in [0.717, 1.165) is 0 Å². The molecule has 8 heteroatoms. The summed E-state index contributed by atoms with van der Waals surface area (Å²) in [6, 6.07) is 11.8. The van der Waals surface area contributed by atoms with Gasteiger partial charge in [-0.3, -0.25) is 14.5 Å². The van der Waals surface area contributed by atoms with Gasteiger partial charge in [0, 0.05) is 5.02 Å². The summed E-state index contributed by atoms with van der Waals surface area (Å²) < 4.78 is 5.60. The molecule has 0 N–H and O–H groups in total. The lowest BCUT2D eigenvalue weighted by Gasteiger charge is -2.13. The molecule has 4 rings (SSSR count). The number of ketones is 1. The van der Waals surface area contributed by atoms with Crippen molar-refractivity contribution in [2.75, 3.05) is 4.90 Å². The molecule has 0 atom stereocenters. The van der Waals surface area contributed by atoms with Gasteiger partial charge in [0.05, 0.1) is 21.8 Å². The fraction of sp³-hybridized carbons (Fsp3) is 0.0588. The Balaban J connectivity index is 1.65. The Hall–Kier alpha value is -2.70. The molecule has 124 valence electrons. The number of carbonyl (C=O) groups excluding carboxylic acids is 2. The summed E-state index contributed by atoms with van der Waals surface area (Å²) >= 11 is 12.0. The largest absolute Gasteiger partial charge is 0.419 e. The molecule has 0 saturated carbocycles. The van der Waals surface area contributed by atoms with Crippen LogP contribution in [0.15, 0.2) is 46.9 Å². The van der Waals surface area contributed by atoms with Crippen molar-refractivity contribution in [1.29, 1.82) is 0 Å². The molecule has 1 amide bonds. The van der Waals surface area contributed by atoms with Crippen LogP contribution in [0.4, 0.5) is 5.69 Å². The Bertz CT molecular complexity index is 1020. The number of Topliss-reactive ketones (excluding diaryl/α,β-unsaturated/α-hetero) is 1. The van der Waals surface area contributed by atoms with Crippen LogP contribution in [0.2, 0.25) is 10.0 Å². The van der Waals surface area contributed by atoms with Gasteiger partial charge in [-0.1, -0.05) is 35.3 Å². The topological polar surface area (TPSA) is 76.3 Å². The fourth-order valence-corrected chi connectivity index (χ4v) is 3.01. The molecule has 3 aromatic rings. The number of fused-ring (bicyclic) bond motifs is 1. The van der Waals surface area contributed by atoms with Crippen molar-refractivity contribution in [2.45, 2.75) is 6.54 Å². The number of carbonyl (C=O) groups is 2. The highest BCUT2D eigenvalue weighted by Crippen LogP contribution is 2.33. The van der Waals surface area contributed by atoms with E-state index in [1.54, 1.807) is 36.4 Å². The smallest absolute Gasteiger partial charge is 0.299 e. The van der Waals surface area contributed by atoms with Gasteiger partial charge in [-0.05, 0) is 30.3 Å². The highest BCUT2D eigenvalue weighted by Gasteiger charge is 2.36. The maximum absolute atomic E-state index is 12.2. The van der Waals surface area contributed by atoms with Gasteiger partial charge < -0.3 is 4.42 Å². The lowest BCUT2D eigenvalue weighted by Crippen LogP contribution is -2.29. The number of rotatable bonds is 3. The second kappa shape index (κ2) is 5.98. The van der Waals surface area contributed by atoms with Gasteiger partial charge in [0.1, 0.15) is 6.54 Å². The van der Waals surface area contributed by atoms with Gasteiger partial charge >= 0.3 is 0 Å². The molecule has 0 bridgehead atoms. The zero-order valence-electron chi connectivity index (χ0n) is 12.6. The molecule has 0 saturated heterocycles. The zero-order chi connectivity index (χ0) is 17.6. The van der Waals surface area contributed by atoms with Crippen molar-refractivity contribution in [2.24, 2.45) is 0 Å². The summed E-state index contributed by atoms with van der Waals surface area (Å²) in [4.78, 5) is 25.6. The number of halogens is 2. The Morgan fingerprint density at radius 1 is 1.00 bits per heavy atom. The normalized spacial score (nSPS) is 13.4. The van der Waals surface area contributed by atoms with E-state index in [2.05, 4.69) is 10.2 Å². The summed E-state index contributed by atoms with van der Waals surface area (Å²) in [6.07, 6.45) is 0. The van der Waals surface area contributed by atoms with E-state index >= 15 is 0 Å². The molecule has 6 nitrogen and oxygen atoms in total. The molecular formula is C17H9Cl2N3O3. The molecule has 1 aliphatic rings. The van der Waals surface area contributed by atoms with Gasteiger partial charge in [0.2, 0.25) is 11.8 Å². The molecular weight excluding hydrogens is 365 g/mol. The molecule has 2 heterocycles. The minimum atomic E-state index is -0.658. The predicted octanol–water partition coefficient (Wildman–Crippen LogP) is 3.77. The van der Waals surface area contributed by atoms with E-state index in [4.69, 9.17) is 27.6 Å². The number of hydrogen-bond donors (Lipinski definition) is 0. The molecule has 1 aliphatic heterocycles. The minimum Gasteiger partial charge on any atom is -0.419 e. The lowest BCUT2D eigenvalue weighted by atomic mass is 10.1. The first-order valence-corrected chi connectivity index (χ1v) is 8.03. The third-order valence-corrected chi connectivity index (χ3v) is 4.36. The monoisotopic (exact) mass is 373 g/mol. The van der Waals surface area contributed by atoms with E-state index in [1.165, 1.54) is 11.0 Å². The Morgan fingerprint density at radius 2 is 1.80 bits per heavy atom. The summed E-state index contributed by atoms with van der Waals surface area (Å²) in [5.41, 5.74) is 1.33. The van der Waals surface area contributed by atoms with Crippen LogP contribution in [0.25, 0.3) is 11.5 Å². The maximum atomic E-state index is 12.2. The molecule has 0 unspecified atom stereocenters. The summed E-state index contributed by atoms with van der Waals surface area (Å²) in [6.45, 7) is -0.0172. The van der Waals surface area contributed by atoms with Gasteiger partial charge in [-0.15, -0.1) is 10.2 Å². The van der Waals surface area contributed by atoms with E-state index in [1.807, 2.05) is 0 Å². The quantitative estimate of drug-likeness (QED) is 0.653. The fourth-order valence-electron chi connectivity index (χ4n) is 2.63. The van der Waals surface area contributed by atoms with Crippen LogP contribution >= 0.6 is 23.2 Å². The summed E-state index contributed by atoms with van der Waals surface area (Å²) in [5, 5.41) is 8.77. The van der Waals surface area contributed by atoms with Crippen LogP contribution < -0.4 is 4.90 Å². The van der Waals surface area contributed by atoms with Crippen LogP contribution in [0, 0.1) is 0 Å². The third kappa shape index (κ3) is 2.69. The van der Waals surface area contributed by atoms with Gasteiger partial charge in [0.15, 0.2) is 0 Å². The summed E-state index contributed by atoms with van der Waals surface area (Å²) in [7, 11) is 0. The average Bonchev–Trinajstić information content (AvgIpc) is 3.15. The lowest BCUT2D eigenvalue weighted by molar-refractivity contribution is -0.114. The molecule has 2 aromatic carbocycles. The highest BCUT2D eigenvalue weighted by molar-refractivity contribution is 6.52. The molecule has 0 fully saturated rings. The van der Waals surface area contributed by atoms with Crippen molar-refractivity contribution in [3.8, 4) is 11.5 Å². The second-order valence-electron chi connectivity index (χ2n) is 5.36. The Kier molecular flexibility index (Phi) is 3.78. The van der Waals surface area contributed by atoms with Crippen LogP contribution in [0.3, 0.4) is 0 Å². The first-order chi connectivity index (χ1) is 12.0. The highest BCUT2D eigenvalue weighted by atomic mass is 35.5. The van der Waals surface area contributed by atoms with Crippen molar-refractivity contribution in [1.82, 2.24) is 10.2 Å². The first kappa shape index (κ1) is 15.8. The molecule has 0 spiro atoms. The molecule has 25 heavy (non-hydrogen) atoms. The average molecular weight is 374 g/mol. The number of nitrogens with zero attached hydrogens (tertiary/aromatic N) is 3. The molecule has 0 aliphatic carbocycles. The molecule has 1 aromatic heterocycles. The predicted molar refractivity (Wildman–Crippen MR) is 91.7 cm³/mol.